The van der Waals surface area contributed by atoms with Gasteiger partial charge in [-0.05, 0) is 43.3 Å². The van der Waals surface area contributed by atoms with Crippen molar-refractivity contribution in [2.75, 3.05) is 12.4 Å². The maximum atomic E-state index is 12.6. The van der Waals surface area contributed by atoms with Crippen LogP contribution in [-0.4, -0.2) is 28.8 Å². The monoisotopic (exact) mass is 369 g/mol. The molecule has 0 radical (unpaired) electrons. The van der Waals surface area contributed by atoms with Gasteiger partial charge in [-0.25, -0.2) is 9.48 Å². The number of carbonyl (C=O) groups is 2. The van der Waals surface area contributed by atoms with Gasteiger partial charge in [-0.15, -0.1) is 0 Å². The smallest absolute Gasteiger partial charge is 0.339 e. The summed E-state index contributed by atoms with van der Waals surface area (Å²) in [7, 11) is 1.29. The van der Waals surface area contributed by atoms with Crippen LogP contribution in [0.25, 0.3) is 5.69 Å². The number of halogens is 1. The number of anilines is 1. The summed E-state index contributed by atoms with van der Waals surface area (Å²) in [5.74, 6) is -0.952. The van der Waals surface area contributed by atoms with E-state index in [1.165, 1.54) is 7.11 Å². The van der Waals surface area contributed by atoms with Crippen molar-refractivity contribution in [1.29, 1.82) is 0 Å². The van der Waals surface area contributed by atoms with Crippen LogP contribution in [0.4, 0.5) is 5.69 Å². The predicted molar refractivity (Wildman–Crippen MR) is 99.0 cm³/mol. The Balaban J connectivity index is 1.89. The molecule has 1 N–H and O–H groups in total. The number of carbonyl (C=O) groups excluding carboxylic acids is 2. The molecule has 0 aliphatic carbocycles. The molecule has 6 nitrogen and oxygen atoms in total. The highest BCUT2D eigenvalue weighted by Gasteiger charge is 2.17. The van der Waals surface area contributed by atoms with Crippen LogP contribution >= 0.6 is 11.6 Å². The average Bonchev–Trinajstić information content (AvgIpc) is 3.03. The van der Waals surface area contributed by atoms with E-state index in [-0.39, 0.29) is 11.3 Å². The van der Waals surface area contributed by atoms with Crippen molar-refractivity contribution in [2.24, 2.45) is 0 Å². The van der Waals surface area contributed by atoms with Gasteiger partial charge >= 0.3 is 5.97 Å². The maximum Gasteiger partial charge on any atom is 0.339 e. The molecule has 0 saturated carbocycles. The van der Waals surface area contributed by atoms with E-state index in [0.717, 1.165) is 11.4 Å². The summed E-state index contributed by atoms with van der Waals surface area (Å²) in [5.41, 5.74) is 2.39. The number of amides is 1. The molecule has 26 heavy (non-hydrogen) atoms. The molecule has 2 aromatic carbocycles. The Morgan fingerprint density at radius 2 is 1.88 bits per heavy atom. The fourth-order valence-corrected chi connectivity index (χ4v) is 2.71. The van der Waals surface area contributed by atoms with Crippen molar-refractivity contribution in [3.63, 3.8) is 0 Å². The van der Waals surface area contributed by atoms with Crippen LogP contribution in [0.5, 0.6) is 0 Å². The summed E-state index contributed by atoms with van der Waals surface area (Å²) in [6.07, 6.45) is 0. The first kappa shape index (κ1) is 17.7. The van der Waals surface area contributed by atoms with Crippen LogP contribution in [0.2, 0.25) is 5.02 Å². The van der Waals surface area contributed by atoms with Crippen LogP contribution in [0.15, 0.2) is 54.6 Å². The molecule has 0 fully saturated rings. The van der Waals surface area contributed by atoms with Gasteiger partial charge in [-0.3, -0.25) is 4.79 Å². The standard InChI is InChI=1S/C19H16ClN3O3/c1-12-10-17(22-23(12)14-7-5-6-13(20)11-14)18(24)21-16-9-4-3-8-15(16)19(25)26-2/h3-11H,1-2H3,(H,21,24). The molecular weight excluding hydrogens is 354 g/mol. The van der Waals surface area contributed by atoms with Crippen LogP contribution in [0.1, 0.15) is 26.5 Å². The topological polar surface area (TPSA) is 73.2 Å². The summed E-state index contributed by atoms with van der Waals surface area (Å²) >= 11 is 6.02. The molecule has 1 amide bonds. The summed E-state index contributed by atoms with van der Waals surface area (Å²) < 4.78 is 6.37. The lowest BCUT2D eigenvalue weighted by molar-refractivity contribution is 0.0602. The zero-order valence-electron chi connectivity index (χ0n) is 14.2. The van der Waals surface area contributed by atoms with E-state index in [2.05, 4.69) is 10.4 Å². The summed E-state index contributed by atoms with van der Waals surface area (Å²) in [6, 6.07) is 15.5. The van der Waals surface area contributed by atoms with Gasteiger partial charge in [0.2, 0.25) is 0 Å². The van der Waals surface area contributed by atoms with Gasteiger partial charge in [0.15, 0.2) is 5.69 Å². The zero-order chi connectivity index (χ0) is 18.7. The van der Waals surface area contributed by atoms with Crippen LogP contribution in [0.3, 0.4) is 0 Å². The van der Waals surface area contributed by atoms with Crippen molar-refractivity contribution in [2.45, 2.75) is 6.92 Å². The third-order valence-electron chi connectivity index (χ3n) is 3.75. The van der Waals surface area contributed by atoms with Gasteiger partial charge in [0, 0.05) is 10.7 Å². The first-order valence-corrected chi connectivity index (χ1v) is 8.18. The molecular formula is C19H16ClN3O3. The molecule has 0 spiro atoms. The number of para-hydroxylation sites is 1. The van der Waals surface area contributed by atoms with Crippen LogP contribution < -0.4 is 5.32 Å². The lowest BCUT2D eigenvalue weighted by Crippen LogP contribution is -2.16. The van der Waals surface area contributed by atoms with Crippen molar-refractivity contribution in [1.82, 2.24) is 9.78 Å². The Hall–Kier alpha value is -3.12. The molecule has 132 valence electrons. The molecule has 0 atom stereocenters. The van der Waals surface area contributed by atoms with Crippen molar-refractivity contribution < 1.29 is 14.3 Å². The van der Waals surface area contributed by atoms with Gasteiger partial charge in [-0.1, -0.05) is 29.8 Å². The van der Waals surface area contributed by atoms with E-state index in [1.54, 1.807) is 47.1 Å². The highest BCUT2D eigenvalue weighted by Crippen LogP contribution is 2.19. The van der Waals surface area contributed by atoms with Crippen molar-refractivity contribution in [3.05, 3.63) is 76.6 Å². The average molecular weight is 370 g/mol. The minimum absolute atomic E-state index is 0.224. The highest BCUT2D eigenvalue weighted by atomic mass is 35.5. The van der Waals surface area contributed by atoms with Gasteiger partial charge < -0.3 is 10.1 Å². The molecule has 0 aliphatic rings. The van der Waals surface area contributed by atoms with Crippen molar-refractivity contribution >= 4 is 29.2 Å². The van der Waals surface area contributed by atoms with Gasteiger partial charge in [-0.2, -0.15) is 5.10 Å². The Bertz CT molecular complexity index is 982. The second kappa shape index (κ2) is 7.41. The molecule has 0 aliphatic heterocycles. The van der Waals surface area contributed by atoms with E-state index in [9.17, 15) is 9.59 Å². The SMILES string of the molecule is COC(=O)c1ccccc1NC(=O)c1cc(C)n(-c2cccc(Cl)c2)n1. The fourth-order valence-electron chi connectivity index (χ4n) is 2.52. The molecule has 3 aromatic rings. The number of ether oxygens (including phenoxy) is 1. The molecule has 1 heterocycles. The lowest BCUT2D eigenvalue weighted by Gasteiger charge is -2.08. The minimum Gasteiger partial charge on any atom is -0.465 e. The zero-order valence-corrected chi connectivity index (χ0v) is 14.9. The summed E-state index contributed by atoms with van der Waals surface area (Å²) in [5, 5.41) is 7.62. The molecule has 0 unspecified atom stereocenters. The van der Waals surface area contributed by atoms with E-state index in [1.807, 2.05) is 19.1 Å². The largest absolute Gasteiger partial charge is 0.465 e. The quantitative estimate of drug-likeness (QED) is 0.708. The molecule has 0 bridgehead atoms. The summed E-state index contributed by atoms with van der Waals surface area (Å²) in [4.78, 5) is 24.4. The number of methoxy groups -OCH3 is 1. The van der Waals surface area contributed by atoms with Crippen LogP contribution in [-0.2, 0) is 4.74 Å². The number of nitrogens with zero attached hydrogens (tertiary/aromatic N) is 2. The lowest BCUT2D eigenvalue weighted by atomic mass is 10.1. The van der Waals surface area contributed by atoms with Crippen LogP contribution in [0, 0.1) is 6.92 Å². The normalized spacial score (nSPS) is 10.4. The van der Waals surface area contributed by atoms with Gasteiger partial charge in [0.1, 0.15) is 0 Å². The molecule has 0 saturated heterocycles. The Labute approximate surface area is 155 Å². The van der Waals surface area contributed by atoms with E-state index in [0.29, 0.717) is 10.7 Å². The second-order valence-corrected chi connectivity index (χ2v) is 5.99. The molecule has 1 aromatic heterocycles. The number of rotatable bonds is 4. The number of aryl methyl sites for hydroxylation is 1. The number of hydrogen-bond acceptors (Lipinski definition) is 4. The second-order valence-electron chi connectivity index (χ2n) is 5.55. The van der Waals surface area contributed by atoms with Gasteiger partial charge in [0.25, 0.3) is 5.91 Å². The number of nitrogens with one attached hydrogen (secondary N) is 1. The molecule has 3 rings (SSSR count). The Morgan fingerprint density at radius 1 is 1.12 bits per heavy atom. The molecule has 7 heteroatoms. The predicted octanol–water partition coefficient (Wildman–Crippen LogP) is 3.87. The van der Waals surface area contributed by atoms with Gasteiger partial charge in [0.05, 0.1) is 24.0 Å². The fraction of sp³-hybridized carbons (Fsp3) is 0.105. The number of benzene rings is 2. The highest BCUT2D eigenvalue weighted by molar-refractivity contribution is 6.30. The number of aromatic nitrogens is 2. The third kappa shape index (κ3) is 3.60. The number of esters is 1. The minimum atomic E-state index is -0.526. The van der Waals surface area contributed by atoms with E-state index >= 15 is 0 Å². The Kier molecular flexibility index (Phi) is 5.04. The van der Waals surface area contributed by atoms with E-state index < -0.39 is 11.9 Å². The number of hydrogen-bond donors (Lipinski definition) is 1. The first-order chi connectivity index (χ1) is 12.5. The van der Waals surface area contributed by atoms with Crippen molar-refractivity contribution in [3.8, 4) is 5.69 Å². The summed E-state index contributed by atoms with van der Waals surface area (Å²) in [6.45, 7) is 1.84. The first-order valence-electron chi connectivity index (χ1n) is 7.81. The third-order valence-corrected chi connectivity index (χ3v) is 3.99. The van der Waals surface area contributed by atoms with E-state index in [4.69, 9.17) is 16.3 Å². The Morgan fingerprint density at radius 3 is 2.62 bits per heavy atom. The maximum absolute atomic E-state index is 12.6.